The molecule has 10 heavy (non-hydrogen) atoms. The fraction of sp³-hybridized carbons (Fsp3) is 0.800. The predicted octanol–water partition coefficient (Wildman–Crippen LogP) is 2.75. The summed E-state index contributed by atoms with van der Waals surface area (Å²) in [7, 11) is 0. The zero-order valence-electron chi connectivity index (χ0n) is 6.78. The molecular weight excluding hydrogens is 120 g/mol. The van der Waals surface area contributed by atoms with Crippen LogP contribution in [0.5, 0.6) is 0 Å². The molecule has 0 radical (unpaired) electrons. The second kappa shape index (κ2) is 1.11. The van der Waals surface area contributed by atoms with Crippen molar-refractivity contribution in [2.45, 2.75) is 33.1 Å². The van der Waals surface area contributed by atoms with Crippen LogP contribution < -0.4 is 0 Å². The fourth-order valence-corrected chi connectivity index (χ4v) is 3.28. The van der Waals surface area contributed by atoms with Gasteiger partial charge < -0.3 is 0 Å². The zero-order valence-corrected chi connectivity index (χ0v) is 6.78. The van der Waals surface area contributed by atoms with Crippen LogP contribution in [0.4, 0.5) is 0 Å². The Morgan fingerprint density at radius 1 is 1.70 bits per heavy atom. The van der Waals surface area contributed by atoms with Gasteiger partial charge in [0.1, 0.15) is 0 Å². The Hall–Kier alpha value is -0.260. The highest BCUT2D eigenvalue weighted by molar-refractivity contribution is 5.46. The molecule has 0 heterocycles. The third-order valence-electron chi connectivity index (χ3n) is 4.13. The molecule has 3 atom stereocenters. The molecule has 0 aromatic rings. The number of allylic oxidation sites excluding steroid dienone is 2. The van der Waals surface area contributed by atoms with Crippen LogP contribution in [0.3, 0.4) is 0 Å². The summed E-state index contributed by atoms with van der Waals surface area (Å²) < 4.78 is 0. The first-order valence-electron chi connectivity index (χ1n) is 4.43. The van der Waals surface area contributed by atoms with Crippen molar-refractivity contribution in [1.29, 1.82) is 0 Å². The lowest BCUT2D eigenvalue weighted by atomic mass is 10.1. The van der Waals surface area contributed by atoms with E-state index >= 15 is 0 Å². The van der Waals surface area contributed by atoms with Gasteiger partial charge >= 0.3 is 0 Å². The van der Waals surface area contributed by atoms with Crippen LogP contribution in [0.2, 0.25) is 0 Å². The standard InChI is InChI=1S/C10H14/c1-3-7-4-9(2)6-10(9)5-8(7)10/h4,8H,3,5-6H2,1-2H3. The SMILES string of the molecule is CCC1=CC2(C)CC23CC13. The molecule has 54 valence electrons. The maximum atomic E-state index is 2.57. The largest absolute Gasteiger partial charge is 0.0785 e. The summed E-state index contributed by atoms with van der Waals surface area (Å²) in [6.07, 6.45) is 6.92. The molecule has 0 bridgehead atoms. The minimum atomic E-state index is 0.684. The maximum absolute atomic E-state index is 2.57. The molecule has 2 saturated carbocycles. The summed E-state index contributed by atoms with van der Waals surface area (Å²) in [5, 5.41) is 0. The van der Waals surface area contributed by atoms with Crippen molar-refractivity contribution in [2.75, 3.05) is 0 Å². The lowest BCUT2D eigenvalue weighted by Gasteiger charge is -2.00. The van der Waals surface area contributed by atoms with Crippen LogP contribution in [0.1, 0.15) is 33.1 Å². The van der Waals surface area contributed by atoms with Gasteiger partial charge in [-0.25, -0.2) is 0 Å². The van der Waals surface area contributed by atoms with Gasteiger partial charge in [-0.3, -0.25) is 0 Å². The number of hydrogen-bond acceptors (Lipinski definition) is 0. The van der Waals surface area contributed by atoms with E-state index in [2.05, 4.69) is 19.9 Å². The minimum Gasteiger partial charge on any atom is -0.0785 e. The van der Waals surface area contributed by atoms with Crippen LogP contribution >= 0.6 is 0 Å². The van der Waals surface area contributed by atoms with Crippen molar-refractivity contribution in [1.82, 2.24) is 0 Å². The van der Waals surface area contributed by atoms with Crippen molar-refractivity contribution < 1.29 is 0 Å². The topological polar surface area (TPSA) is 0 Å². The summed E-state index contributed by atoms with van der Waals surface area (Å²) in [6, 6.07) is 0. The van der Waals surface area contributed by atoms with Crippen LogP contribution in [-0.4, -0.2) is 0 Å². The first-order valence-corrected chi connectivity index (χ1v) is 4.43. The van der Waals surface area contributed by atoms with E-state index in [1.165, 1.54) is 19.3 Å². The normalized spacial score (nSPS) is 61.0. The van der Waals surface area contributed by atoms with Crippen molar-refractivity contribution >= 4 is 0 Å². The molecule has 3 aliphatic carbocycles. The van der Waals surface area contributed by atoms with E-state index in [0.717, 1.165) is 11.3 Å². The quantitative estimate of drug-likeness (QED) is 0.484. The molecule has 0 heteroatoms. The van der Waals surface area contributed by atoms with Gasteiger partial charge in [0.15, 0.2) is 0 Å². The summed E-state index contributed by atoms with van der Waals surface area (Å²) in [4.78, 5) is 0. The Labute approximate surface area is 62.3 Å². The Kier molecular flexibility index (Phi) is 0.598. The molecule has 0 aromatic heterocycles. The molecule has 2 fully saturated rings. The lowest BCUT2D eigenvalue weighted by molar-refractivity contribution is 0.631. The third kappa shape index (κ3) is 0.328. The first kappa shape index (κ1) is 5.40. The number of rotatable bonds is 1. The van der Waals surface area contributed by atoms with Gasteiger partial charge in [-0.05, 0) is 36.0 Å². The molecule has 0 aromatic carbocycles. The van der Waals surface area contributed by atoms with Gasteiger partial charge in [-0.2, -0.15) is 0 Å². The molecule has 3 unspecified atom stereocenters. The van der Waals surface area contributed by atoms with Crippen LogP contribution in [-0.2, 0) is 0 Å². The Morgan fingerprint density at radius 2 is 2.50 bits per heavy atom. The molecule has 0 N–H and O–H groups in total. The van der Waals surface area contributed by atoms with E-state index in [0.29, 0.717) is 5.41 Å². The van der Waals surface area contributed by atoms with E-state index in [9.17, 15) is 0 Å². The van der Waals surface area contributed by atoms with Crippen LogP contribution in [0, 0.1) is 16.7 Å². The highest BCUT2D eigenvalue weighted by atomic mass is 14.8. The second-order valence-electron chi connectivity index (χ2n) is 4.58. The van der Waals surface area contributed by atoms with Gasteiger partial charge in [0, 0.05) is 0 Å². The van der Waals surface area contributed by atoms with E-state index < -0.39 is 0 Å². The Balaban J connectivity index is 2.05. The molecular formula is C10H14. The van der Waals surface area contributed by atoms with Crippen LogP contribution in [0.15, 0.2) is 11.6 Å². The van der Waals surface area contributed by atoms with Crippen molar-refractivity contribution in [3.63, 3.8) is 0 Å². The molecule has 3 aliphatic rings. The lowest BCUT2D eigenvalue weighted by Crippen LogP contribution is -1.88. The smallest absolute Gasteiger partial charge is 0.00753 e. The van der Waals surface area contributed by atoms with E-state index in [4.69, 9.17) is 0 Å². The summed E-state index contributed by atoms with van der Waals surface area (Å²) in [5.41, 5.74) is 3.30. The van der Waals surface area contributed by atoms with Crippen LogP contribution in [0.25, 0.3) is 0 Å². The van der Waals surface area contributed by atoms with E-state index in [1.54, 1.807) is 5.57 Å². The molecule has 1 spiro atoms. The van der Waals surface area contributed by atoms with Gasteiger partial charge in [0.2, 0.25) is 0 Å². The van der Waals surface area contributed by atoms with Crippen molar-refractivity contribution in [2.24, 2.45) is 16.7 Å². The Bertz CT molecular complexity index is 238. The van der Waals surface area contributed by atoms with E-state index in [-0.39, 0.29) is 0 Å². The maximum Gasteiger partial charge on any atom is -0.00753 e. The van der Waals surface area contributed by atoms with E-state index in [1.807, 2.05) is 0 Å². The molecule has 0 aliphatic heterocycles. The van der Waals surface area contributed by atoms with Crippen molar-refractivity contribution in [3.8, 4) is 0 Å². The number of hydrogen-bond donors (Lipinski definition) is 0. The minimum absolute atomic E-state index is 0.684. The highest BCUT2D eigenvalue weighted by Crippen LogP contribution is 2.87. The van der Waals surface area contributed by atoms with Gasteiger partial charge in [0.25, 0.3) is 0 Å². The summed E-state index contributed by atoms with van der Waals surface area (Å²) >= 11 is 0. The monoisotopic (exact) mass is 134 g/mol. The van der Waals surface area contributed by atoms with Crippen molar-refractivity contribution in [3.05, 3.63) is 11.6 Å². The molecule has 3 rings (SSSR count). The molecule has 0 amide bonds. The Morgan fingerprint density at radius 3 is 2.80 bits per heavy atom. The van der Waals surface area contributed by atoms with Gasteiger partial charge in [-0.15, -0.1) is 0 Å². The molecule has 0 saturated heterocycles. The average Bonchev–Trinajstić information content (AvgIpc) is 2.71. The van der Waals surface area contributed by atoms with Gasteiger partial charge in [0.05, 0.1) is 0 Å². The summed E-state index contributed by atoms with van der Waals surface area (Å²) in [5.74, 6) is 1.04. The second-order valence-corrected chi connectivity index (χ2v) is 4.58. The van der Waals surface area contributed by atoms with Gasteiger partial charge in [-0.1, -0.05) is 25.5 Å². The average molecular weight is 134 g/mol. The fourth-order valence-electron chi connectivity index (χ4n) is 3.28. The first-order chi connectivity index (χ1) is 4.72. The third-order valence-corrected chi connectivity index (χ3v) is 4.13. The zero-order chi connectivity index (χ0) is 6.98. The molecule has 0 nitrogen and oxygen atoms in total. The highest BCUT2D eigenvalue weighted by Gasteiger charge is 2.80. The summed E-state index contributed by atoms with van der Waals surface area (Å²) in [6.45, 7) is 4.74. The predicted molar refractivity (Wildman–Crippen MR) is 41.6 cm³/mol.